The second-order valence-electron chi connectivity index (χ2n) is 4.19. The van der Waals surface area contributed by atoms with Crippen LogP contribution in [-0.4, -0.2) is 11.7 Å². The van der Waals surface area contributed by atoms with Crippen LogP contribution < -0.4 is 5.32 Å². The van der Waals surface area contributed by atoms with Crippen LogP contribution in [-0.2, 0) is 0 Å². The van der Waals surface area contributed by atoms with Crippen LogP contribution in [0.25, 0.3) is 0 Å². The smallest absolute Gasteiger partial charge is 0.131 e. The van der Waals surface area contributed by atoms with Crippen LogP contribution in [0.1, 0.15) is 11.7 Å². The van der Waals surface area contributed by atoms with Crippen molar-refractivity contribution in [3.8, 4) is 0 Å². The van der Waals surface area contributed by atoms with Crippen LogP contribution >= 0.6 is 27.5 Å². The van der Waals surface area contributed by atoms with E-state index in [-0.39, 0.29) is 12.1 Å². The van der Waals surface area contributed by atoms with Crippen LogP contribution in [0.2, 0.25) is 5.02 Å². The van der Waals surface area contributed by atoms with Gasteiger partial charge in [0, 0.05) is 22.6 Å². The van der Waals surface area contributed by atoms with Gasteiger partial charge in [0.1, 0.15) is 11.6 Å². The highest BCUT2D eigenvalue weighted by atomic mass is 79.9. The van der Waals surface area contributed by atoms with Gasteiger partial charge in [-0.2, -0.15) is 0 Å². The third-order valence-corrected chi connectivity index (χ3v) is 3.54. The number of aliphatic hydroxyl groups is 1. The zero-order valence-electron chi connectivity index (χ0n) is 10.2. The maximum atomic E-state index is 13.5. The van der Waals surface area contributed by atoms with Crippen molar-refractivity contribution >= 4 is 33.2 Å². The van der Waals surface area contributed by atoms with E-state index in [1.807, 2.05) is 0 Å². The molecule has 0 bridgehead atoms. The van der Waals surface area contributed by atoms with Gasteiger partial charge in [-0.25, -0.2) is 8.78 Å². The first-order chi connectivity index (χ1) is 9.47. The topological polar surface area (TPSA) is 32.3 Å². The second-order valence-corrected chi connectivity index (χ2v) is 5.51. The van der Waals surface area contributed by atoms with Crippen LogP contribution in [0.15, 0.2) is 40.9 Å². The number of hydrogen-bond donors (Lipinski definition) is 2. The first-order valence-corrected chi connectivity index (χ1v) is 6.96. The largest absolute Gasteiger partial charge is 0.386 e. The van der Waals surface area contributed by atoms with Crippen molar-refractivity contribution in [2.45, 2.75) is 6.10 Å². The highest BCUT2D eigenvalue weighted by Crippen LogP contribution is 2.26. The predicted molar refractivity (Wildman–Crippen MR) is 79.0 cm³/mol. The lowest BCUT2D eigenvalue weighted by Gasteiger charge is -2.15. The first kappa shape index (κ1) is 15.2. The predicted octanol–water partition coefficient (Wildman–Crippen LogP) is 4.53. The summed E-state index contributed by atoms with van der Waals surface area (Å²) < 4.78 is 27.1. The Hall–Kier alpha value is -1.17. The molecule has 0 saturated heterocycles. The maximum Gasteiger partial charge on any atom is 0.131 e. The molecule has 0 spiro atoms. The van der Waals surface area contributed by atoms with E-state index in [0.717, 1.165) is 16.6 Å². The quantitative estimate of drug-likeness (QED) is 0.838. The van der Waals surface area contributed by atoms with E-state index in [4.69, 9.17) is 11.6 Å². The SMILES string of the molecule is OC(CNc1ccc(Br)cc1Cl)c1ccc(F)cc1F. The summed E-state index contributed by atoms with van der Waals surface area (Å²) in [6, 6.07) is 8.30. The molecule has 2 aromatic rings. The fourth-order valence-electron chi connectivity index (χ4n) is 1.72. The zero-order chi connectivity index (χ0) is 14.7. The van der Waals surface area contributed by atoms with E-state index < -0.39 is 17.7 Å². The number of rotatable bonds is 4. The van der Waals surface area contributed by atoms with Crippen LogP contribution in [0, 0.1) is 11.6 Å². The van der Waals surface area contributed by atoms with E-state index >= 15 is 0 Å². The van der Waals surface area contributed by atoms with Crippen molar-refractivity contribution < 1.29 is 13.9 Å². The van der Waals surface area contributed by atoms with Crippen molar-refractivity contribution in [2.24, 2.45) is 0 Å². The van der Waals surface area contributed by atoms with E-state index in [9.17, 15) is 13.9 Å². The van der Waals surface area contributed by atoms with E-state index in [2.05, 4.69) is 21.2 Å². The molecule has 0 aliphatic heterocycles. The van der Waals surface area contributed by atoms with Crippen molar-refractivity contribution in [3.63, 3.8) is 0 Å². The molecule has 0 heterocycles. The van der Waals surface area contributed by atoms with Gasteiger partial charge in [-0.1, -0.05) is 33.6 Å². The van der Waals surface area contributed by atoms with E-state index in [0.29, 0.717) is 10.7 Å². The first-order valence-electron chi connectivity index (χ1n) is 5.79. The number of aliphatic hydroxyl groups excluding tert-OH is 1. The normalized spacial score (nSPS) is 12.2. The van der Waals surface area contributed by atoms with Crippen molar-refractivity contribution in [1.29, 1.82) is 0 Å². The molecule has 0 fully saturated rings. The highest BCUT2D eigenvalue weighted by molar-refractivity contribution is 9.10. The molecule has 0 amide bonds. The Morgan fingerprint density at radius 2 is 1.95 bits per heavy atom. The molecule has 0 aromatic heterocycles. The molecule has 20 heavy (non-hydrogen) atoms. The zero-order valence-corrected chi connectivity index (χ0v) is 12.5. The summed E-state index contributed by atoms with van der Waals surface area (Å²) in [6.07, 6.45) is -1.10. The standard InChI is InChI=1S/C14H11BrClF2NO/c15-8-1-4-13(11(16)5-8)19-7-14(20)10-3-2-9(17)6-12(10)18/h1-6,14,19-20H,7H2. The van der Waals surface area contributed by atoms with Gasteiger partial charge < -0.3 is 10.4 Å². The number of halogens is 4. The van der Waals surface area contributed by atoms with Gasteiger partial charge >= 0.3 is 0 Å². The molecule has 2 aromatic carbocycles. The summed E-state index contributed by atoms with van der Waals surface area (Å²) in [6.45, 7) is 0.0594. The molecule has 0 saturated carbocycles. The van der Waals surface area contributed by atoms with E-state index in [1.165, 1.54) is 6.07 Å². The van der Waals surface area contributed by atoms with Crippen molar-refractivity contribution in [3.05, 3.63) is 63.1 Å². The Kier molecular flexibility index (Phi) is 4.96. The average molecular weight is 363 g/mol. The van der Waals surface area contributed by atoms with Crippen LogP contribution in [0.5, 0.6) is 0 Å². The van der Waals surface area contributed by atoms with Crippen molar-refractivity contribution in [1.82, 2.24) is 0 Å². The Bertz CT molecular complexity index is 624. The molecule has 1 atom stereocenters. The van der Waals surface area contributed by atoms with Gasteiger partial charge in [-0.15, -0.1) is 0 Å². The minimum absolute atomic E-state index is 0.0344. The summed E-state index contributed by atoms with van der Waals surface area (Å²) in [7, 11) is 0. The molecule has 6 heteroatoms. The lowest BCUT2D eigenvalue weighted by atomic mass is 10.1. The second kappa shape index (κ2) is 6.52. The fourth-order valence-corrected chi connectivity index (χ4v) is 2.46. The molecule has 1 unspecified atom stereocenters. The van der Waals surface area contributed by atoms with Crippen LogP contribution in [0.3, 0.4) is 0 Å². The Balaban J connectivity index is 2.06. The number of anilines is 1. The monoisotopic (exact) mass is 361 g/mol. The molecule has 2 N–H and O–H groups in total. The maximum absolute atomic E-state index is 13.5. The Morgan fingerprint density at radius 1 is 1.20 bits per heavy atom. The third kappa shape index (κ3) is 3.69. The Labute approximate surface area is 128 Å². The van der Waals surface area contributed by atoms with Gasteiger partial charge in [-0.05, 0) is 24.3 Å². The molecule has 106 valence electrons. The summed E-state index contributed by atoms with van der Waals surface area (Å²) in [5, 5.41) is 13.3. The van der Waals surface area contributed by atoms with Gasteiger partial charge in [0.15, 0.2) is 0 Å². The average Bonchev–Trinajstić information content (AvgIpc) is 2.37. The minimum atomic E-state index is -1.10. The number of hydrogen-bond acceptors (Lipinski definition) is 2. The van der Waals surface area contributed by atoms with E-state index in [1.54, 1.807) is 18.2 Å². The van der Waals surface area contributed by atoms with Crippen molar-refractivity contribution in [2.75, 3.05) is 11.9 Å². The Morgan fingerprint density at radius 3 is 2.60 bits per heavy atom. The molecule has 0 radical (unpaired) electrons. The molecule has 2 rings (SSSR count). The molecule has 0 aliphatic rings. The fraction of sp³-hybridized carbons (Fsp3) is 0.143. The lowest BCUT2D eigenvalue weighted by Crippen LogP contribution is -2.13. The summed E-state index contributed by atoms with van der Waals surface area (Å²) >= 11 is 9.30. The van der Waals surface area contributed by atoms with Gasteiger partial charge in [0.05, 0.1) is 16.8 Å². The highest BCUT2D eigenvalue weighted by Gasteiger charge is 2.14. The summed E-state index contributed by atoms with van der Waals surface area (Å²) in [5.74, 6) is -1.46. The lowest BCUT2D eigenvalue weighted by molar-refractivity contribution is 0.186. The van der Waals surface area contributed by atoms with Gasteiger partial charge in [-0.3, -0.25) is 0 Å². The minimum Gasteiger partial charge on any atom is -0.386 e. The van der Waals surface area contributed by atoms with Crippen LogP contribution in [0.4, 0.5) is 14.5 Å². The number of nitrogens with one attached hydrogen (secondary N) is 1. The molecular formula is C14H11BrClF2NO. The van der Waals surface area contributed by atoms with Gasteiger partial charge in [0.2, 0.25) is 0 Å². The summed E-state index contributed by atoms with van der Waals surface area (Å²) in [4.78, 5) is 0. The molecular weight excluding hydrogens is 352 g/mol. The molecule has 0 aliphatic carbocycles. The molecule has 2 nitrogen and oxygen atoms in total. The van der Waals surface area contributed by atoms with Gasteiger partial charge in [0.25, 0.3) is 0 Å². The third-order valence-electron chi connectivity index (χ3n) is 2.74. The number of benzene rings is 2. The summed E-state index contributed by atoms with van der Waals surface area (Å²) in [5.41, 5.74) is 0.656.